The van der Waals surface area contributed by atoms with Gasteiger partial charge in [0, 0.05) is 10.4 Å². The Labute approximate surface area is 191 Å². The summed E-state index contributed by atoms with van der Waals surface area (Å²) in [5, 5.41) is 6.04. The fraction of sp³-hybridized carbons (Fsp3) is 0.478. The van der Waals surface area contributed by atoms with Crippen molar-refractivity contribution in [3.05, 3.63) is 29.1 Å². The number of rotatable bonds is 6. The molecule has 1 aliphatic heterocycles. The zero-order valence-corrected chi connectivity index (χ0v) is 19.4. The molecule has 1 spiro atoms. The molecular formula is C23H28N4O4S. The van der Waals surface area contributed by atoms with Crippen molar-refractivity contribution in [1.82, 2.24) is 15.2 Å². The van der Waals surface area contributed by atoms with Crippen molar-refractivity contribution in [3.63, 3.8) is 0 Å². The Hall–Kier alpha value is -2.94. The molecule has 2 N–H and O–H groups in total. The molecule has 2 fully saturated rings. The SMILES string of the molecule is CCC1CCC2(CC1)NC(=O)N(CC(=O)Nc1nc(-c3ccc(OC)cc3)c(C)s1)C2=O. The number of anilines is 1. The molecule has 1 aliphatic carbocycles. The average Bonchev–Trinajstić information content (AvgIpc) is 3.26. The van der Waals surface area contributed by atoms with E-state index in [1.165, 1.54) is 11.3 Å². The molecule has 2 aliphatic rings. The van der Waals surface area contributed by atoms with Crippen LogP contribution in [0.15, 0.2) is 24.3 Å². The molecule has 0 unspecified atom stereocenters. The second-order valence-corrected chi connectivity index (χ2v) is 9.66. The fourth-order valence-corrected chi connectivity index (χ4v) is 5.36. The quantitative estimate of drug-likeness (QED) is 0.641. The first kappa shape index (κ1) is 22.3. The van der Waals surface area contributed by atoms with Gasteiger partial charge in [-0.3, -0.25) is 14.5 Å². The second kappa shape index (κ2) is 8.90. The van der Waals surface area contributed by atoms with Crippen LogP contribution in [0.25, 0.3) is 11.3 Å². The molecule has 8 nitrogen and oxygen atoms in total. The number of aromatic nitrogens is 1. The van der Waals surface area contributed by atoms with Gasteiger partial charge in [0.25, 0.3) is 5.91 Å². The summed E-state index contributed by atoms with van der Waals surface area (Å²) < 4.78 is 5.19. The van der Waals surface area contributed by atoms with Gasteiger partial charge in [-0.2, -0.15) is 0 Å². The van der Waals surface area contributed by atoms with Crippen molar-refractivity contribution in [2.45, 2.75) is 51.5 Å². The molecule has 2 heterocycles. The molecule has 0 bridgehead atoms. The summed E-state index contributed by atoms with van der Waals surface area (Å²) in [4.78, 5) is 44.6. The molecule has 1 aromatic heterocycles. The lowest BCUT2D eigenvalue weighted by Crippen LogP contribution is -2.49. The average molecular weight is 457 g/mol. The van der Waals surface area contributed by atoms with Gasteiger partial charge in [-0.25, -0.2) is 9.78 Å². The van der Waals surface area contributed by atoms with Crippen LogP contribution < -0.4 is 15.4 Å². The van der Waals surface area contributed by atoms with Gasteiger partial charge < -0.3 is 15.4 Å². The summed E-state index contributed by atoms with van der Waals surface area (Å²) in [6, 6.07) is 7.04. The van der Waals surface area contributed by atoms with Gasteiger partial charge in [-0.1, -0.05) is 13.3 Å². The molecule has 2 aromatic rings. The monoisotopic (exact) mass is 456 g/mol. The molecule has 1 saturated carbocycles. The van der Waals surface area contributed by atoms with Gasteiger partial charge in [-0.05, 0) is 62.8 Å². The largest absolute Gasteiger partial charge is 0.497 e. The van der Waals surface area contributed by atoms with Crippen molar-refractivity contribution in [2.75, 3.05) is 19.0 Å². The van der Waals surface area contributed by atoms with Gasteiger partial charge in [0.2, 0.25) is 5.91 Å². The van der Waals surface area contributed by atoms with E-state index in [2.05, 4.69) is 22.5 Å². The lowest BCUT2D eigenvalue weighted by Gasteiger charge is -2.34. The highest BCUT2D eigenvalue weighted by atomic mass is 32.1. The maximum absolute atomic E-state index is 13.0. The first-order valence-corrected chi connectivity index (χ1v) is 11.7. The molecule has 170 valence electrons. The zero-order chi connectivity index (χ0) is 22.9. The Morgan fingerprint density at radius 3 is 2.59 bits per heavy atom. The Kier molecular flexibility index (Phi) is 6.19. The van der Waals surface area contributed by atoms with E-state index in [1.54, 1.807) is 7.11 Å². The molecule has 1 saturated heterocycles. The Bertz CT molecular complexity index is 1030. The van der Waals surface area contributed by atoms with E-state index in [1.807, 2.05) is 31.2 Å². The van der Waals surface area contributed by atoms with Crippen LogP contribution in [0.2, 0.25) is 0 Å². The molecule has 32 heavy (non-hydrogen) atoms. The van der Waals surface area contributed by atoms with Crippen molar-refractivity contribution < 1.29 is 19.1 Å². The normalized spacial score (nSPS) is 22.8. The number of nitrogens with one attached hydrogen (secondary N) is 2. The predicted octanol–water partition coefficient (Wildman–Crippen LogP) is 3.96. The number of hydrogen-bond acceptors (Lipinski definition) is 6. The number of ether oxygens (including phenoxy) is 1. The maximum Gasteiger partial charge on any atom is 0.325 e. The third-order valence-electron chi connectivity index (χ3n) is 6.49. The Morgan fingerprint density at radius 2 is 1.97 bits per heavy atom. The van der Waals surface area contributed by atoms with Gasteiger partial charge in [0.15, 0.2) is 5.13 Å². The summed E-state index contributed by atoms with van der Waals surface area (Å²) in [7, 11) is 1.61. The summed E-state index contributed by atoms with van der Waals surface area (Å²) in [5.41, 5.74) is 0.843. The molecule has 9 heteroatoms. The Morgan fingerprint density at radius 1 is 1.28 bits per heavy atom. The van der Waals surface area contributed by atoms with E-state index in [9.17, 15) is 14.4 Å². The number of amides is 4. The lowest BCUT2D eigenvalue weighted by atomic mass is 9.75. The summed E-state index contributed by atoms with van der Waals surface area (Å²) >= 11 is 1.35. The molecule has 0 atom stereocenters. The second-order valence-electron chi connectivity index (χ2n) is 8.46. The number of methoxy groups -OCH3 is 1. The van der Waals surface area contributed by atoms with E-state index < -0.39 is 17.5 Å². The standard InChI is InChI=1S/C23H28N4O4S/c1-4-15-9-11-23(12-10-15)20(29)27(22(30)26-23)13-18(28)24-21-25-19(14(2)32-21)16-5-7-17(31-3)8-6-16/h5-8,15H,4,9-13H2,1-3H3,(H,26,30)(H,24,25,28). The molecule has 4 rings (SSSR count). The number of thiazole rings is 1. The van der Waals surface area contributed by atoms with Crippen molar-refractivity contribution in [3.8, 4) is 17.0 Å². The smallest absolute Gasteiger partial charge is 0.325 e. The van der Waals surface area contributed by atoms with Crippen LogP contribution in [0.4, 0.5) is 9.93 Å². The number of urea groups is 1. The summed E-state index contributed by atoms with van der Waals surface area (Å²) in [5.74, 6) is 0.615. The zero-order valence-electron chi connectivity index (χ0n) is 18.6. The number of nitrogens with zero attached hydrogens (tertiary/aromatic N) is 2. The Balaban J connectivity index is 1.41. The van der Waals surface area contributed by atoms with E-state index in [0.29, 0.717) is 23.9 Å². The number of carbonyl (C=O) groups is 3. The number of benzene rings is 1. The molecular weight excluding hydrogens is 428 g/mol. The fourth-order valence-electron chi connectivity index (χ4n) is 4.51. The van der Waals surface area contributed by atoms with Crippen LogP contribution in [0.3, 0.4) is 0 Å². The maximum atomic E-state index is 13.0. The highest BCUT2D eigenvalue weighted by molar-refractivity contribution is 7.16. The summed E-state index contributed by atoms with van der Waals surface area (Å²) in [6.07, 6.45) is 4.16. The third-order valence-corrected chi connectivity index (χ3v) is 7.38. The third kappa shape index (κ3) is 4.21. The van der Waals surface area contributed by atoms with E-state index in [4.69, 9.17) is 4.74 Å². The van der Waals surface area contributed by atoms with Gasteiger partial charge in [-0.15, -0.1) is 11.3 Å². The van der Waals surface area contributed by atoms with Crippen LogP contribution in [-0.2, 0) is 9.59 Å². The minimum Gasteiger partial charge on any atom is -0.497 e. The van der Waals surface area contributed by atoms with Crippen molar-refractivity contribution in [1.29, 1.82) is 0 Å². The van der Waals surface area contributed by atoms with Crippen LogP contribution >= 0.6 is 11.3 Å². The van der Waals surface area contributed by atoms with Gasteiger partial charge in [0.1, 0.15) is 17.8 Å². The topological polar surface area (TPSA) is 101 Å². The first-order chi connectivity index (χ1) is 15.3. The highest BCUT2D eigenvalue weighted by Gasteiger charge is 2.52. The van der Waals surface area contributed by atoms with Gasteiger partial charge in [0.05, 0.1) is 12.8 Å². The number of carbonyl (C=O) groups excluding carboxylic acids is 3. The van der Waals surface area contributed by atoms with Crippen LogP contribution in [0.1, 0.15) is 43.9 Å². The first-order valence-electron chi connectivity index (χ1n) is 10.9. The number of hydrogen-bond donors (Lipinski definition) is 2. The lowest BCUT2D eigenvalue weighted by molar-refractivity contribution is -0.135. The van der Waals surface area contributed by atoms with E-state index in [0.717, 1.165) is 46.0 Å². The highest BCUT2D eigenvalue weighted by Crippen LogP contribution is 2.37. The summed E-state index contributed by atoms with van der Waals surface area (Å²) in [6.45, 7) is 3.76. The van der Waals surface area contributed by atoms with Crippen LogP contribution in [-0.4, -0.2) is 46.9 Å². The van der Waals surface area contributed by atoms with Crippen LogP contribution in [0, 0.1) is 12.8 Å². The minimum atomic E-state index is -0.845. The molecule has 1 aromatic carbocycles. The minimum absolute atomic E-state index is 0.290. The molecule has 4 amide bonds. The van der Waals surface area contributed by atoms with Crippen molar-refractivity contribution in [2.24, 2.45) is 5.92 Å². The molecule has 0 radical (unpaired) electrons. The van der Waals surface area contributed by atoms with E-state index in [-0.39, 0.29) is 12.5 Å². The van der Waals surface area contributed by atoms with Gasteiger partial charge >= 0.3 is 6.03 Å². The van der Waals surface area contributed by atoms with Crippen molar-refractivity contribution >= 4 is 34.3 Å². The number of aryl methyl sites for hydroxylation is 1. The van der Waals surface area contributed by atoms with E-state index >= 15 is 0 Å². The predicted molar refractivity (Wildman–Crippen MR) is 123 cm³/mol. The number of imide groups is 1. The van der Waals surface area contributed by atoms with Crippen LogP contribution in [0.5, 0.6) is 5.75 Å².